The fourth-order valence-electron chi connectivity index (χ4n) is 1.98. The van der Waals surface area contributed by atoms with Gasteiger partial charge in [0.15, 0.2) is 5.75 Å². The summed E-state index contributed by atoms with van der Waals surface area (Å²) in [6.45, 7) is 7.60. The zero-order valence-corrected chi connectivity index (χ0v) is 14.8. The van der Waals surface area contributed by atoms with E-state index < -0.39 is 4.92 Å². The molecular formula is C16H23ClN2O5. The molecule has 1 aliphatic heterocycles. The number of piperidine rings is 1. The highest BCUT2D eigenvalue weighted by molar-refractivity contribution is 6.30. The molecule has 0 saturated carbocycles. The Morgan fingerprint density at radius 3 is 2.58 bits per heavy atom. The molecule has 1 aliphatic rings. The Morgan fingerprint density at radius 2 is 2.12 bits per heavy atom. The lowest BCUT2D eigenvalue weighted by Crippen LogP contribution is -2.37. The van der Waals surface area contributed by atoms with Gasteiger partial charge in [-0.1, -0.05) is 11.6 Å². The SMILES string of the molecule is CC(C)(C)OC=O.O=[N+]([O-])c1ccc(Cl)cc1OC1CCCNC1. The number of nitro groups is 1. The van der Waals surface area contributed by atoms with Crippen LogP contribution in [0.1, 0.15) is 33.6 Å². The summed E-state index contributed by atoms with van der Waals surface area (Å²) in [5.41, 5.74) is -0.359. The van der Waals surface area contributed by atoms with Crippen molar-refractivity contribution in [2.24, 2.45) is 0 Å². The largest absolute Gasteiger partial charge is 0.482 e. The molecule has 0 radical (unpaired) electrons. The number of nitrogens with zero attached hydrogens (tertiary/aromatic N) is 1. The van der Waals surface area contributed by atoms with Crippen LogP contribution in [-0.4, -0.2) is 36.2 Å². The molecule has 2 rings (SSSR count). The van der Waals surface area contributed by atoms with Crippen molar-refractivity contribution in [2.75, 3.05) is 13.1 Å². The minimum Gasteiger partial charge on any atom is -0.482 e. The van der Waals surface area contributed by atoms with Crippen molar-refractivity contribution in [1.29, 1.82) is 0 Å². The summed E-state index contributed by atoms with van der Waals surface area (Å²) in [6, 6.07) is 4.36. The Kier molecular flexibility index (Phi) is 7.94. The first-order chi connectivity index (χ1) is 11.2. The van der Waals surface area contributed by atoms with Crippen molar-refractivity contribution in [3.8, 4) is 5.75 Å². The van der Waals surface area contributed by atoms with Crippen LogP contribution in [0.4, 0.5) is 5.69 Å². The van der Waals surface area contributed by atoms with Gasteiger partial charge in [0.1, 0.15) is 11.7 Å². The minimum absolute atomic E-state index is 0.0269. The molecule has 1 heterocycles. The Balaban J connectivity index is 0.000000351. The molecule has 1 atom stereocenters. The highest BCUT2D eigenvalue weighted by Gasteiger charge is 2.21. The van der Waals surface area contributed by atoms with Gasteiger partial charge < -0.3 is 14.8 Å². The summed E-state index contributed by atoms with van der Waals surface area (Å²) in [7, 11) is 0. The first-order valence-corrected chi connectivity index (χ1v) is 8.03. The van der Waals surface area contributed by atoms with E-state index >= 15 is 0 Å². The van der Waals surface area contributed by atoms with Gasteiger partial charge in [0.05, 0.1) is 4.92 Å². The Hall–Kier alpha value is -1.86. The molecule has 24 heavy (non-hydrogen) atoms. The number of carbonyl (C=O) groups excluding carboxylic acids is 1. The molecule has 0 aromatic heterocycles. The highest BCUT2D eigenvalue weighted by atomic mass is 35.5. The monoisotopic (exact) mass is 358 g/mol. The number of nitro benzene ring substituents is 1. The van der Waals surface area contributed by atoms with Crippen molar-refractivity contribution < 1.29 is 19.2 Å². The third-order valence-electron chi connectivity index (χ3n) is 3.07. The molecule has 8 heteroatoms. The molecule has 1 aromatic rings. The summed E-state index contributed by atoms with van der Waals surface area (Å²) >= 11 is 5.82. The standard InChI is InChI=1S/C11H13ClN2O3.C5H10O2/c12-8-3-4-10(14(15)16)11(6-8)17-9-2-1-5-13-7-9;1-5(2,3)7-4-6/h3-4,6,9,13H,1-2,5,7H2;4H,1-3H3. The summed E-state index contributed by atoms with van der Waals surface area (Å²) in [5, 5.41) is 14.5. The van der Waals surface area contributed by atoms with Gasteiger partial charge in [-0.25, -0.2) is 0 Å². The molecule has 134 valence electrons. The second kappa shape index (κ2) is 9.44. The van der Waals surface area contributed by atoms with Gasteiger partial charge in [0, 0.05) is 23.7 Å². The number of rotatable bonds is 4. The predicted octanol–water partition coefficient (Wildman–Crippen LogP) is 3.34. The quantitative estimate of drug-likeness (QED) is 0.504. The second-order valence-electron chi connectivity index (χ2n) is 6.28. The molecule has 1 saturated heterocycles. The van der Waals surface area contributed by atoms with Gasteiger partial charge in [-0.2, -0.15) is 0 Å². The minimum atomic E-state index is -0.456. The van der Waals surface area contributed by atoms with Crippen molar-refractivity contribution in [1.82, 2.24) is 5.32 Å². The molecule has 7 nitrogen and oxygen atoms in total. The maximum absolute atomic E-state index is 10.8. The van der Waals surface area contributed by atoms with Crippen LogP contribution in [0.25, 0.3) is 0 Å². The zero-order valence-electron chi connectivity index (χ0n) is 14.1. The van der Waals surface area contributed by atoms with Crippen molar-refractivity contribution in [2.45, 2.75) is 45.3 Å². The number of benzene rings is 1. The van der Waals surface area contributed by atoms with Crippen LogP contribution >= 0.6 is 11.6 Å². The third kappa shape index (κ3) is 7.61. The lowest BCUT2D eigenvalue weighted by atomic mass is 10.1. The third-order valence-corrected chi connectivity index (χ3v) is 3.30. The Labute approximate surface area is 146 Å². The number of nitrogens with one attached hydrogen (secondary N) is 1. The normalized spacial score (nSPS) is 17.2. The summed E-state index contributed by atoms with van der Waals surface area (Å²) in [4.78, 5) is 20.0. The second-order valence-corrected chi connectivity index (χ2v) is 6.72. The van der Waals surface area contributed by atoms with Gasteiger partial charge in [0.25, 0.3) is 6.47 Å². The molecule has 1 aromatic carbocycles. The van der Waals surface area contributed by atoms with E-state index in [-0.39, 0.29) is 23.1 Å². The molecule has 0 aliphatic carbocycles. The first kappa shape index (κ1) is 20.2. The molecular weight excluding hydrogens is 336 g/mol. The van der Waals surface area contributed by atoms with E-state index in [4.69, 9.17) is 16.3 Å². The predicted molar refractivity (Wildman–Crippen MR) is 91.5 cm³/mol. The number of hydrogen-bond acceptors (Lipinski definition) is 6. The van der Waals surface area contributed by atoms with Crippen LogP contribution in [0.15, 0.2) is 18.2 Å². The summed E-state index contributed by atoms with van der Waals surface area (Å²) < 4.78 is 10.2. The fourth-order valence-corrected chi connectivity index (χ4v) is 2.14. The molecule has 0 bridgehead atoms. The summed E-state index contributed by atoms with van der Waals surface area (Å²) in [6.07, 6.45) is 1.89. The lowest BCUT2D eigenvalue weighted by molar-refractivity contribution is -0.386. The fraction of sp³-hybridized carbons (Fsp3) is 0.562. The van der Waals surface area contributed by atoms with Crippen LogP contribution in [-0.2, 0) is 9.53 Å². The Bertz CT molecular complexity index is 554. The topological polar surface area (TPSA) is 90.7 Å². The van der Waals surface area contributed by atoms with E-state index in [2.05, 4.69) is 10.1 Å². The van der Waals surface area contributed by atoms with E-state index in [1.54, 1.807) is 0 Å². The molecule has 1 fully saturated rings. The molecule has 1 unspecified atom stereocenters. The van der Waals surface area contributed by atoms with Crippen LogP contribution in [0.2, 0.25) is 5.02 Å². The van der Waals surface area contributed by atoms with Gasteiger partial charge in [-0.3, -0.25) is 14.9 Å². The highest BCUT2D eigenvalue weighted by Crippen LogP contribution is 2.31. The number of carbonyl (C=O) groups is 1. The van der Waals surface area contributed by atoms with Crippen molar-refractivity contribution in [3.05, 3.63) is 33.3 Å². The van der Waals surface area contributed by atoms with Crippen LogP contribution in [0.5, 0.6) is 5.75 Å². The van der Waals surface area contributed by atoms with E-state index in [0.29, 0.717) is 18.0 Å². The van der Waals surface area contributed by atoms with Gasteiger partial charge in [0.2, 0.25) is 0 Å². The van der Waals surface area contributed by atoms with Gasteiger partial charge >= 0.3 is 5.69 Å². The van der Waals surface area contributed by atoms with E-state index in [1.807, 2.05) is 20.8 Å². The smallest absolute Gasteiger partial charge is 0.311 e. The molecule has 0 spiro atoms. The Morgan fingerprint density at radius 1 is 1.42 bits per heavy atom. The van der Waals surface area contributed by atoms with Crippen LogP contribution in [0, 0.1) is 10.1 Å². The van der Waals surface area contributed by atoms with E-state index in [0.717, 1.165) is 19.4 Å². The first-order valence-electron chi connectivity index (χ1n) is 7.65. The van der Waals surface area contributed by atoms with Gasteiger partial charge in [-0.05, 0) is 46.2 Å². The van der Waals surface area contributed by atoms with Gasteiger partial charge in [-0.15, -0.1) is 0 Å². The number of hydrogen-bond donors (Lipinski definition) is 1. The van der Waals surface area contributed by atoms with Crippen molar-refractivity contribution >= 4 is 23.8 Å². The number of ether oxygens (including phenoxy) is 2. The lowest BCUT2D eigenvalue weighted by Gasteiger charge is -2.23. The van der Waals surface area contributed by atoms with E-state index in [9.17, 15) is 14.9 Å². The average molecular weight is 359 g/mol. The van der Waals surface area contributed by atoms with E-state index in [1.165, 1.54) is 18.2 Å². The molecule has 1 N–H and O–H groups in total. The summed E-state index contributed by atoms with van der Waals surface area (Å²) in [5.74, 6) is 0.246. The number of halogens is 1. The maximum atomic E-state index is 10.8. The zero-order chi connectivity index (χ0) is 18.2. The van der Waals surface area contributed by atoms with Crippen molar-refractivity contribution in [3.63, 3.8) is 0 Å². The maximum Gasteiger partial charge on any atom is 0.311 e. The van der Waals surface area contributed by atoms with Crippen LogP contribution < -0.4 is 10.1 Å². The average Bonchev–Trinajstić information content (AvgIpc) is 2.47. The van der Waals surface area contributed by atoms with Crippen LogP contribution in [0.3, 0.4) is 0 Å². The molecule has 0 amide bonds.